The summed E-state index contributed by atoms with van der Waals surface area (Å²) >= 11 is 0. The molecule has 24 heavy (non-hydrogen) atoms. The van der Waals surface area contributed by atoms with Crippen molar-refractivity contribution < 1.29 is 28.6 Å². The lowest BCUT2D eigenvalue weighted by Gasteiger charge is -2.21. The summed E-state index contributed by atoms with van der Waals surface area (Å²) in [5.74, 6) is -3.75. The Morgan fingerprint density at radius 3 is 2.08 bits per heavy atom. The van der Waals surface area contributed by atoms with Crippen molar-refractivity contribution in [1.29, 1.82) is 0 Å². The Kier molecular flexibility index (Phi) is 5.92. The molecule has 7 nitrogen and oxygen atoms in total. The van der Waals surface area contributed by atoms with E-state index in [0.717, 1.165) is 5.56 Å². The van der Waals surface area contributed by atoms with E-state index >= 15 is 0 Å². The minimum atomic E-state index is -1.02. The smallest absolute Gasteiger partial charge is 0.324 e. The predicted octanol–water partition coefficient (Wildman–Crippen LogP) is 0.841. The molecule has 1 saturated heterocycles. The van der Waals surface area contributed by atoms with Crippen LogP contribution in [0.25, 0.3) is 0 Å². The van der Waals surface area contributed by atoms with E-state index in [-0.39, 0.29) is 6.61 Å². The lowest BCUT2D eigenvalue weighted by molar-refractivity contribution is -0.160. The van der Waals surface area contributed by atoms with Crippen LogP contribution in [0.3, 0.4) is 0 Å². The predicted molar refractivity (Wildman–Crippen MR) is 83.8 cm³/mol. The van der Waals surface area contributed by atoms with E-state index in [4.69, 9.17) is 14.2 Å². The van der Waals surface area contributed by atoms with Crippen LogP contribution in [0.2, 0.25) is 0 Å². The molecular formula is C17H21NO6. The first kappa shape index (κ1) is 17.9. The van der Waals surface area contributed by atoms with Crippen LogP contribution < -0.4 is 5.32 Å². The monoisotopic (exact) mass is 335 g/mol. The van der Waals surface area contributed by atoms with Gasteiger partial charge in [0.1, 0.15) is 6.04 Å². The van der Waals surface area contributed by atoms with E-state index in [1.165, 1.54) is 14.2 Å². The fraction of sp³-hybridized carbons (Fsp3) is 0.471. The Balaban J connectivity index is 2.45. The van der Waals surface area contributed by atoms with Gasteiger partial charge in [0.15, 0.2) is 0 Å². The van der Waals surface area contributed by atoms with E-state index in [1.807, 2.05) is 30.3 Å². The lowest BCUT2D eigenvalue weighted by atomic mass is 9.84. The van der Waals surface area contributed by atoms with Crippen LogP contribution in [0.4, 0.5) is 0 Å². The molecule has 0 saturated carbocycles. The fourth-order valence-electron chi connectivity index (χ4n) is 3.06. The summed E-state index contributed by atoms with van der Waals surface area (Å²) < 4.78 is 14.7. The molecule has 2 rings (SSSR count). The lowest BCUT2D eigenvalue weighted by Crippen LogP contribution is -2.42. The van der Waals surface area contributed by atoms with Gasteiger partial charge in [-0.2, -0.15) is 0 Å². The van der Waals surface area contributed by atoms with Crippen LogP contribution in [-0.2, 0) is 28.6 Å². The number of methoxy groups -OCH3 is 2. The topological polar surface area (TPSA) is 90.9 Å². The van der Waals surface area contributed by atoms with Crippen molar-refractivity contribution in [2.24, 2.45) is 11.8 Å². The van der Waals surface area contributed by atoms with Gasteiger partial charge in [0, 0.05) is 6.04 Å². The molecule has 0 radical (unpaired) electrons. The molecule has 1 aromatic rings. The number of rotatable bonds is 5. The van der Waals surface area contributed by atoms with Crippen molar-refractivity contribution in [3.8, 4) is 0 Å². The van der Waals surface area contributed by atoms with Gasteiger partial charge >= 0.3 is 17.9 Å². The summed E-state index contributed by atoms with van der Waals surface area (Å²) in [6.07, 6.45) is 0. The standard InChI is InChI=1S/C17H21NO6/c1-4-24-17(21)14-12(16(20)23-3)11(15(19)22-2)13(18-14)10-8-6-5-7-9-10/h5-9,11-14,18H,4H2,1-3H3/t11-,12+,13+,14+/m0/s1. The number of esters is 3. The van der Waals surface area contributed by atoms with Crippen molar-refractivity contribution >= 4 is 17.9 Å². The van der Waals surface area contributed by atoms with Gasteiger partial charge in [-0.25, -0.2) is 0 Å². The first-order valence-corrected chi connectivity index (χ1v) is 7.68. The number of carbonyl (C=O) groups excluding carboxylic acids is 3. The molecule has 0 bridgehead atoms. The van der Waals surface area contributed by atoms with Crippen LogP contribution >= 0.6 is 0 Å². The Hall–Kier alpha value is -2.41. The van der Waals surface area contributed by atoms with Crippen LogP contribution in [0.15, 0.2) is 30.3 Å². The SMILES string of the molecule is CCOC(=O)[C@@H]1N[C@H](c2ccccc2)[C@@H](C(=O)OC)[C@H]1C(=O)OC. The van der Waals surface area contributed by atoms with Gasteiger partial charge < -0.3 is 14.2 Å². The van der Waals surface area contributed by atoms with Gasteiger partial charge in [-0.3, -0.25) is 19.7 Å². The summed E-state index contributed by atoms with van der Waals surface area (Å²) in [5, 5.41) is 3.05. The molecule has 130 valence electrons. The number of hydrogen-bond donors (Lipinski definition) is 1. The average molecular weight is 335 g/mol. The zero-order valence-electron chi connectivity index (χ0n) is 13.9. The van der Waals surface area contributed by atoms with Gasteiger partial charge in [0.05, 0.1) is 32.7 Å². The normalized spacial score (nSPS) is 25.8. The highest BCUT2D eigenvalue weighted by atomic mass is 16.5. The maximum absolute atomic E-state index is 12.3. The molecule has 0 unspecified atom stereocenters. The summed E-state index contributed by atoms with van der Waals surface area (Å²) in [6.45, 7) is 1.84. The molecule has 0 amide bonds. The number of benzene rings is 1. The van der Waals surface area contributed by atoms with E-state index in [9.17, 15) is 14.4 Å². The zero-order chi connectivity index (χ0) is 17.7. The Bertz CT molecular complexity index is 602. The highest BCUT2D eigenvalue weighted by Crippen LogP contribution is 2.39. The van der Waals surface area contributed by atoms with E-state index < -0.39 is 41.8 Å². The molecular weight excluding hydrogens is 314 g/mol. The molecule has 0 aromatic heterocycles. The van der Waals surface area contributed by atoms with Crippen LogP contribution in [0, 0.1) is 11.8 Å². The third-order valence-corrected chi connectivity index (χ3v) is 4.11. The second kappa shape index (κ2) is 7.92. The molecule has 1 aromatic carbocycles. The molecule has 1 fully saturated rings. The van der Waals surface area contributed by atoms with E-state index in [1.54, 1.807) is 6.92 Å². The Morgan fingerprint density at radius 2 is 1.54 bits per heavy atom. The van der Waals surface area contributed by atoms with Crippen LogP contribution in [0.5, 0.6) is 0 Å². The van der Waals surface area contributed by atoms with Gasteiger partial charge in [-0.15, -0.1) is 0 Å². The van der Waals surface area contributed by atoms with Crippen molar-refractivity contribution in [3.05, 3.63) is 35.9 Å². The average Bonchev–Trinajstić information content (AvgIpc) is 3.02. The molecule has 7 heteroatoms. The van der Waals surface area contributed by atoms with Crippen molar-refractivity contribution in [3.63, 3.8) is 0 Å². The molecule has 1 aliphatic rings. The molecule has 1 N–H and O–H groups in total. The summed E-state index contributed by atoms with van der Waals surface area (Å²) in [7, 11) is 2.46. The van der Waals surface area contributed by atoms with Crippen molar-refractivity contribution in [2.45, 2.75) is 19.0 Å². The summed E-state index contributed by atoms with van der Waals surface area (Å²) in [6, 6.07) is 7.56. The first-order chi connectivity index (χ1) is 11.5. The van der Waals surface area contributed by atoms with Gasteiger partial charge in [0.25, 0.3) is 0 Å². The number of ether oxygens (including phenoxy) is 3. The fourth-order valence-corrected chi connectivity index (χ4v) is 3.06. The highest BCUT2D eigenvalue weighted by Gasteiger charge is 2.55. The van der Waals surface area contributed by atoms with Gasteiger partial charge in [-0.05, 0) is 12.5 Å². The molecule has 4 atom stereocenters. The largest absolute Gasteiger partial charge is 0.469 e. The van der Waals surface area contributed by atoms with Gasteiger partial charge in [0.2, 0.25) is 0 Å². The third kappa shape index (κ3) is 3.41. The maximum atomic E-state index is 12.3. The highest BCUT2D eigenvalue weighted by molar-refractivity contribution is 5.91. The quantitative estimate of drug-likeness (QED) is 0.630. The molecule has 0 spiro atoms. The summed E-state index contributed by atoms with van der Waals surface area (Å²) in [5.41, 5.74) is 0.772. The molecule has 1 aliphatic heterocycles. The third-order valence-electron chi connectivity index (χ3n) is 4.11. The van der Waals surface area contributed by atoms with E-state index in [2.05, 4.69) is 5.32 Å². The Labute approximate surface area is 140 Å². The van der Waals surface area contributed by atoms with Crippen molar-refractivity contribution in [1.82, 2.24) is 5.32 Å². The molecule has 0 aliphatic carbocycles. The molecule has 1 heterocycles. The van der Waals surface area contributed by atoms with Crippen LogP contribution in [-0.4, -0.2) is 44.8 Å². The van der Waals surface area contributed by atoms with Gasteiger partial charge in [-0.1, -0.05) is 30.3 Å². The minimum Gasteiger partial charge on any atom is -0.469 e. The van der Waals surface area contributed by atoms with Crippen LogP contribution in [0.1, 0.15) is 18.5 Å². The Morgan fingerprint density at radius 1 is 0.958 bits per heavy atom. The maximum Gasteiger partial charge on any atom is 0.324 e. The van der Waals surface area contributed by atoms with Crippen molar-refractivity contribution in [2.75, 3.05) is 20.8 Å². The second-order valence-electron chi connectivity index (χ2n) is 5.38. The minimum absolute atomic E-state index is 0.170. The number of nitrogens with one attached hydrogen (secondary N) is 1. The first-order valence-electron chi connectivity index (χ1n) is 7.68. The number of carbonyl (C=O) groups is 3. The second-order valence-corrected chi connectivity index (χ2v) is 5.38. The number of hydrogen-bond acceptors (Lipinski definition) is 7. The zero-order valence-corrected chi connectivity index (χ0v) is 13.9. The summed E-state index contributed by atoms with van der Waals surface area (Å²) in [4.78, 5) is 36.9. The van der Waals surface area contributed by atoms with E-state index in [0.29, 0.717) is 0 Å².